The van der Waals surface area contributed by atoms with Crippen LogP contribution in [0.2, 0.25) is 0 Å². The van der Waals surface area contributed by atoms with Crippen LogP contribution in [0.4, 0.5) is 0 Å². The van der Waals surface area contributed by atoms with E-state index in [0.717, 1.165) is 16.7 Å². The van der Waals surface area contributed by atoms with Gasteiger partial charge in [0, 0.05) is 5.56 Å². The summed E-state index contributed by atoms with van der Waals surface area (Å²) in [5, 5.41) is 0.889. The van der Waals surface area contributed by atoms with Crippen LogP contribution in [0.3, 0.4) is 0 Å². The molecule has 0 N–H and O–H groups in total. The third kappa shape index (κ3) is 3.08. The van der Waals surface area contributed by atoms with Crippen LogP contribution in [-0.4, -0.2) is 18.1 Å². The van der Waals surface area contributed by atoms with E-state index in [1.807, 2.05) is 31.2 Å². The summed E-state index contributed by atoms with van der Waals surface area (Å²) in [4.78, 5) is 29.3. The van der Waals surface area contributed by atoms with E-state index in [1.54, 1.807) is 30.3 Å². The molecule has 4 aromatic rings. The van der Waals surface area contributed by atoms with E-state index in [1.165, 1.54) is 7.11 Å². The largest absolute Gasteiger partial charge is 0.469 e. The first-order chi connectivity index (χ1) is 13.1. The number of carbonyl (C=O) groups is 1. The standard InChI is InChI=1S/C22H17NO4/c1-13-7-9-14(10-8-13)16-11-17-21(25)15-5-3-4-6-19(15)27-22(17)23-18(16)12-20(24)26-2/h3-11H,12H2,1-2H3. The lowest BCUT2D eigenvalue weighted by molar-refractivity contribution is -0.139. The first-order valence-electron chi connectivity index (χ1n) is 8.56. The summed E-state index contributed by atoms with van der Waals surface area (Å²) < 4.78 is 10.6. The fourth-order valence-electron chi connectivity index (χ4n) is 3.09. The van der Waals surface area contributed by atoms with Crippen LogP contribution in [0.25, 0.3) is 33.2 Å². The molecule has 0 saturated heterocycles. The maximum atomic E-state index is 12.9. The number of hydrogen-bond donors (Lipinski definition) is 0. The minimum Gasteiger partial charge on any atom is -0.469 e. The molecule has 0 saturated carbocycles. The summed E-state index contributed by atoms with van der Waals surface area (Å²) in [6.07, 6.45) is -0.00775. The van der Waals surface area contributed by atoms with Gasteiger partial charge in [0.25, 0.3) is 0 Å². The highest BCUT2D eigenvalue weighted by Gasteiger charge is 2.17. The zero-order valence-corrected chi connectivity index (χ0v) is 15.0. The number of para-hydroxylation sites is 1. The monoisotopic (exact) mass is 359 g/mol. The van der Waals surface area contributed by atoms with E-state index in [-0.39, 0.29) is 17.6 Å². The van der Waals surface area contributed by atoms with Crippen molar-refractivity contribution in [3.63, 3.8) is 0 Å². The molecule has 0 bridgehead atoms. The number of esters is 1. The normalized spacial score (nSPS) is 11.0. The van der Waals surface area contributed by atoms with Crippen molar-refractivity contribution in [1.82, 2.24) is 4.98 Å². The number of aryl methyl sites for hydroxylation is 1. The predicted octanol–water partition coefficient (Wildman–Crippen LogP) is 4.03. The minimum atomic E-state index is -0.404. The second kappa shape index (κ2) is 6.68. The second-order valence-corrected chi connectivity index (χ2v) is 6.38. The molecule has 5 heteroatoms. The van der Waals surface area contributed by atoms with Crippen molar-refractivity contribution in [2.75, 3.05) is 7.11 Å². The van der Waals surface area contributed by atoms with Gasteiger partial charge in [-0.15, -0.1) is 0 Å². The van der Waals surface area contributed by atoms with Crippen LogP contribution in [0.1, 0.15) is 11.3 Å². The maximum Gasteiger partial charge on any atom is 0.311 e. The highest BCUT2D eigenvalue weighted by molar-refractivity contribution is 5.91. The van der Waals surface area contributed by atoms with Crippen LogP contribution in [0, 0.1) is 6.92 Å². The number of hydrogen-bond acceptors (Lipinski definition) is 5. The van der Waals surface area contributed by atoms with Crippen LogP contribution in [0.15, 0.2) is 63.8 Å². The Morgan fingerprint density at radius 2 is 1.81 bits per heavy atom. The average Bonchev–Trinajstić information content (AvgIpc) is 2.68. The van der Waals surface area contributed by atoms with Crippen molar-refractivity contribution >= 4 is 28.0 Å². The molecule has 5 nitrogen and oxygen atoms in total. The van der Waals surface area contributed by atoms with Crippen LogP contribution >= 0.6 is 0 Å². The molecule has 0 aliphatic carbocycles. The SMILES string of the molecule is COC(=O)Cc1nc2oc3ccccc3c(=O)c2cc1-c1ccc(C)cc1. The molecule has 2 aromatic heterocycles. The van der Waals surface area contributed by atoms with Gasteiger partial charge in [0.1, 0.15) is 5.58 Å². The lowest BCUT2D eigenvalue weighted by Crippen LogP contribution is -2.10. The molecule has 0 unspecified atom stereocenters. The van der Waals surface area contributed by atoms with Crippen molar-refractivity contribution in [2.45, 2.75) is 13.3 Å². The molecule has 4 rings (SSSR count). The lowest BCUT2D eigenvalue weighted by atomic mass is 9.99. The topological polar surface area (TPSA) is 69.4 Å². The maximum absolute atomic E-state index is 12.9. The molecule has 0 amide bonds. The number of benzene rings is 2. The van der Waals surface area contributed by atoms with Gasteiger partial charge >= 0.3 is 5.97 Å². The first-order valence-corrected chi connectivity index (χ1v) is 8.56. The second-order valence-electron chi connectivity index (χ2n) is 6.38. The molecular weight excluding hydrogens is 342 g/mol. The first kappa shape index (κ1) is 17.0. The Hall–Kier alpha value is -3.47. The Bertz CT molecular complexity index is 1220. The van der Waals surface area contributed by atoms with E-state index in [0.29, 0.717) is 22.0 Å². The van der Waals surface area contributed by atoms with Crippen molar-refractivity contribution in [3.8, 4) is 11.1 Å². The van der Waals surface area contributed by atoms with Crippen LogP contribution in [0.5, 0.6) is 0 Å². The Morgan fingerprint density at radius 3 is 2.56 bits per heavy atom. The van der Waals surface area contributed by atoms with Crippen LogP contribution in [-0.2, 0) is 16.0 Å². The molecule has 0 fully saturated rings. The highest BCUT2D eigenvalue weighted by Crippen LogP contribution is 2.28. The van der Waals surface area contributed by atoms with Gasteiger partial charge in [-0.1, -0.05) is 42.0 Å². The zero-order valence-electron chi connectivity index (χ0n) is 15.0. The van der Waals surface area contributed by atoms with Gasteiger partial charge < -0.3 is 9.15 Å². The van der Waals surface area contributed by atoms with Crippen molar-refractivity contribution in [3.05, 3.63) is 76.1 Å². The predicted molar refractivity (Wildman–Crippen MR) is 104 cm³/mol. The fourth-order valence-corrected chi connectivity index (χ4v) is 3.09. The minimum absolute atomic E-state index is 0.00775. The van der Waals surface area contributed by atoms with Crippen molar-refractivity contribution in [2.24, 2.45) is 0 Å². The number of fused-ring (bicyclic) bond motifs is 2. The molecule has 27 heavy (non-hydrogen) atoms. The molecule has 0 radical (unpaired) electrons. The number of ether oxygens (including phenoxy) is 1. The van der Waals surface area contributed by atoms with Gasteiger partial charge in [0.05, 0.1) is 30.0 Å². The summed E-state index contributed by atoms with van der Waals surface area (Å²) in [7, 11) is 1.34. The van der Waals surface area contributed by atoms with Crippen molar-refractivity contribution < 1.29 is 13.9 Å². The van der Waals surface area contributed by atoms with Crippen LogP contribution < -0.4 is 5.43 Å². The van der Waals surface area contributed by atoms with Gasteiger partial charge in [0.15, 0.2) is 0 Å². The van der Waals surface area contributed by atoms with E-state index >= 15 is 0 Å². The number of aromatic nitrogens is 1. The quantitative estimate of drug-likeness (QED) is 0.408. The third-order valence-corrected chi connectivity index (χ3v) is 4.55. The Labute approximate surface area is 155 Å². The number of nitrogens with zero attached hydrogens (tertiary/aromatic N) is 1. The number of methoxy groups -OCH3 is 1. The Kier molecular flexibility index (Phi) is 4.20. The summed E-state index contributed by atoms with van der Waals surface area (Å²) in [5.74, 6) is -0.404. The smallest absolute Gasteiger partial charge is 0.311 e. The molecular formula is C22H17NO4. The molecule has 0 atom stereocenters. The van der Waals surface area contributed by atoms with Gasteiger partial charge in [0.2, 0.25) is 11.1 Å². The number of rotatable bonds is 3. The van der Waals surface area contributed by atoms with E-state index in [4.69, 9.17) is 9.15 Å². The molecule has 0 spiro atoms. The molecule has 0 aliphatic rings. The summed E-state index contributed by atoms with van der Waals surface area (Å²) in [5.41, 5.74) is 3.77. The third-order valence-electron chi connectivity index (χ3n) is 4.55. The molecule has 2 aromatic carbocycles. The number of pyridine rings is 1. The van der Waals surface area contributed by atoms with Gasteiger partial charge in [-0.3, -0.25) is 9.59 Å². The van der Waals surface area contributed by atoms with E-state index in [2.05, 4.69) is 4.98 Å². The average molecular weight is 359 g/mol. The van der Waals surface area contributed by atoms with Gasteiger partial charge in [-0.25, -0.2) is 4.98 Å². The lowest BCUT2D eigenvalue weighted by Gasteiger charge is -2.11. The summed E-state index contributed by atoms with van der Waals surface area (Å²) >= 11 is 0. The molecule has 134 valence electrons. The van der Waals surface area contributed by atoms with Gasteiger partial charge in [-0.05, 0) is 30.7 Å². The zero-order chi connectivity index (χ0) is 19.0. The Balaban J connectivity index is 2.03. The Morgan fingerprint density at radius 1 is 1.07 bits per heavy atom. The summed E-state index contributed by atoms with van der Waals surface area (Å²) in [6, 6.07) is 16.7. The number of carbonyl (C=O) groups excluding carboxylic acids is 1. The summed E-state index contributed by atoms with van der Waals surface area (Å²) in [6.45, 7) is 2.00. The van der Waals surface area contributed by atoms with E-state index < -0.39 is 5.97 Å². The highest BCUT2D eigenvalue weighted by atomic mass is 16.5. The van der Waals surface area contributed by atoms with E-state index in [9.17, 15) is 9.59 Å². The van der Waals surface area contributed by atoms with Crippen molar-refractivity contribution in [1.29, 1.82) is 0 Å². The molecule has 0 aliphatic heterocycles. The van der Waals surface area contributed by atoms with Gasteiger partial charge in [-0.2, -0.15) is 0 Å². The molecule has 2 heterocycles. The fraction of sp³-hybridized carbons (Fsp3) is 0.136.